The van der Waals surface area contributed by atoms with Gasteiger partial charge in [0.25, 0.3) is 0 Å². The molecule has 0 aliphatic rings. The molecule has 0 N–H and O–H groups in total. The zero-order valence-corrected chi connectivity index (χ0v) is 9.62. The molecule has 1 heteroatoms. The summed E-state index contributed by atoms with van der Waals surface area (Å²) in [5.74, 6) is 0.690. The Morgan fingerprint density at radius 2 is 2.00 bits per heavy atom. The van der Waals surface area contributed by atoms with E-state index in [1.807, 2.05) is 6.20 Å². The third kappa shape index (κ3) is 2.01. The van der Waals surface area contributed by atoms with Crippen molar-refractivity contribution in [2.24, 2.45) is 5.92 Å². The molecule has 0 spiro atoms. The van der Waals surface area contributed by atoms with Gasteiger partial charge in [-0.15, -0.1) is 0 Å². The fourth-order valence-electron chi connectivity index (χ4n) is 2.08. The second-order valence-corrected chi connectivity index (χ2v) is 4.54. The number of hydrogen-bond donors (Lipinski definition) is 0. The van der Waals surface area contributed by atoms with Crippen molar-refractivity contribution in [2.45, 2.75) is 27.2 Å². The first-order valence-corrected chi connectivity index (χ1v) is 5.51. The number of aryl methyl sites for hydroxylation is 1. The topological polar surface area (TPSA) is 12.9 Å². The van der Waals surface area contributed by atoms with Crippen molar-refractivity contribution in [3.63, 3.8) is 0 Å². The Hall–Kier alpha value is -1.37. The Bertz CT molecular complexity index is 466. The van der Waals surface area contributed by atoms with Crippen LogP contribution in [0.2, 0.25) is 0 Å². The minimum Gasteiger partial charge on any atom is -0.256 e. The molecule has 2 aromatic rings. The number of fused-ring (bicyclic) bond motifs is 1. The number of rotatable bonds is 2. The molecule has 0 unspecified atom stereocenters. The van der Waals surface area contributed by atoms with Crippen molar-refractivity contribution in [2.75, 3.05) is 0 Å². The quantitative estimate of drug-likeness (QED) is 0.718. The number of benzene rings is 1. The minimum atomic E-state index is 0.690. The van der Waals surface area contributed by atoms with Gasteiger partial charge in [0.2, 0.25) is 0 Å². The van der Waals surface area contributed by atoms with Crippen molar-refractivity contribution >= 4 is 10.9 Å². The molecular weight excluding hydrogens is 182 g/mol. The van der Waals surface area contributed by atoms with Gasteiger partial charge in [-0.2, -0.15) is 0 Å². The van der Waals surface area contributed by atoms with E-state index >= 15 is 0 Å². The lowest BCUT2D eigenvalue weighted by Gasteiger charge is -2.10. The number of pyridine rings is 1. The van der Waals surface area contributed by atoms with E-state index in [4.69, 9.17) is 0 Å². The Morgan fingerprint density at radius 3 is 2.73 bits per heavy atom. The molecule has 2 rings (SSSR count). The molecule has 0 saturated heterocycles. The fraction of sp³-hybridized carbons (Fsp3) is 0.357. The van der Waals surface area contributed by atoms with E-state index in [0.29, 0.717) is 5.92 Å². The van der Waals surface area contributed by atoms with Gasteiger partial charge < -0.3 is 0 Å². The van der Waals surface area contributed by atoms with Crippen molar-refractivity contribution in [3.05, 3.63) is 41.6 Å². The summed E-state index contributed by atoms with van der Waals surface area (Å²) in [5.41, 5.74) is 3.87. The summed E-state index contributed by atoms with van der Waals surface area (Å²) in [6, 6.07) is 8.47. The van der Waals surface area contributed by atoms with Crippen LogP contribution >= 0.6 is 0 Å². The maximum Gasteiger partial charge on any atom is 0.0707 e. The van der Waals surface area contributed by atoms with Crippen LogP contribution in [0.4, 0.5) is 0 Å². The first-order valence-electron chi connectivity index (χ1n) is 5.51. The third-order valence-corrected chi connectivity index (χ3v) is 2.69. The molecule has 15 heavy (non-hydrogen) atoms. The van der Waals surface area contributed by atoms with Crippen molar-refractivity contribution in [1.82, 2.24) is 4.98 Å². The molecule has 0 aliphatic carbocycles. The van der Waals surface area contributed by atoms with Crippen LogP contribution in [-0.2, 0) is 6.42 Å². The second-order valence-electron chi connectivity index (χ2n) is 4.54. The van der Waals surface area contributed by atoms with Gasteiger partial charge >= 0.3 is 0 Å². The van der Waals surface area contributed by atoms with Gasteiger partial charge in [0.1, 0.15) is 0 Å². The van der Waals surface area contributed by atoms with Crippen molar-refractivity contribution in [1.29, 1.82) is 0 Å². The number of hydrogen-bond acceptors (Lipinski definition) is 1. The fourth-order valence-corrected chi connectivity index (χ4v) is 2.08. The lowest BCUT2D eigenvalue weighted by Crippen LogP contribution is -1.97. The summed E-state index contributed by atoms with van der Waals surface area (Å²) in [6.07, 6.45) is 3.04. The average Bonchev–Trinajstić information content (AvgIpc) is 2.17. The standard InChI is InChI=1S/C14H17N/c1-10(2)9-12-7-8-15-13-6-4-5-11(3)14(12)13/h4-8,10H,9H2,1-3H3. The maximum atomic E-state index is 4.41. The predicted molar refractivity (Wildman–Crippen MR) is 65.0 cm³/mol. The highest BCUT2D eigenvalue weighted by Crippen LogP contribution is 2.22. The Morgan fingerprint density at radius 1 is 1.20 bits per heavy atom. The highest BCUT2D eigenvalue weighted by molar-refractivity contribution is 5.85. The summed E-state index contributed by atoms with van der Waals surface area (Å²) in [4.78, 5) is 4.41. The van der Waals surface area contributed by atoms with Crippen LogP contribution in [0.15, 0.2) is 30.5 Å². The molecule has 78 valence electrons. The first kappa shape index (κ1) is 10.2. The van der Waals surface area contributed by atoms with Crippen LogP contribution in [0.25, 0.3) is 10.9 Å². The third-order valence-electron chi connectivity index (χ3n) is 2.69. The van der Waals surface area contributed by atoms with E-state index in [0.717, 1.165) is 11.9 Å². The van der Waals surface area contributed by atoms with Crippen LogP contribution in [0.1, 0.15) is 25.0 Å². The maximum absolute atomic E-state index is 4.41. The molecule has 0 aliphatic heterocycles. The van der Waals surface area contributed by atoms with Gasteiger partial charge in [-0.1, -0.05) is 26.0 Å². The van der Waals surface area contributed by atoms with E-state index in [2.05, 4.69) is 50.0 Å². The SMILES string of the molecule is Cc1cccc2nccc(CC(C)C)c12. The average molecular weight is 199 g/mol. The van der Waals surface area contributed by atoms with Crippen LogP contribution in [0.3, 0.4) is 0 Å². The molecule has 1 nitrogen and oxygen atoms in total. The van der Waals surface area contributed by atoms with Gasteiger partial charge in [0.05, 0.1) is 5.52 Å². The lowest BCUT2D eigenvalue weighted by atomic mass is 9.97. The molecule has 0 radical (unpaired) electrons. The summed E-state index contributed by atoms with van der Waals surface area (Å²) >= 11 is 0. The van der Waals surface area contributed by atoms with Crippen molar-refractivity contribution in [3.8, 4) is 0 Å². The highest BCUT2D eigenvalue weighted by Gasteiger charge is 2.05. The van der Waals surface area contributed by atoms with E-state index in [-0.39, 0.29) is 0 Å². The van der Waals surface area contributed by atoms with Gasteiger partial charge in [0, 0.05) is 11.6 Å². The van der Waals surface area contributed by atoms with Gasteiger partial charge in [-0.25, -0.2) is 0 Å². The van der Waals surface area contributed by atoms with E-state index in [1.54, 1.807) is 0 Å². The monoisotopic (exact) mass is 199 g/mol. The van der Waals surface area contributed by atoms with Crippen molar-refractivity contribution < 1.29 is 0 Å². The van der Waals surface area contributed by atoms with E-state index in [1.165, 1.54) is 16.5 Å². The number of nitrogens with zero attached hydrogens (tertiary/aromatic N) is 1. The highest BCUT2D eigenvalue weighted by atomic mass is 14.6. The minimum absolute atomic E-state index is 0.690. The molecule has 1 aromatic heterocycles. The van der Waals surface area contributed by atoms with E-state index in [9.17, 15) is 0 Å². The second kappa shape index (κ2) is 4.01. The summed E-state index contributed by atoms with van der Waals surface area (Å²) in [6.45, 7) is 6.67. The van der Waals surface area contributed by atoms with Crippen LogP contribution in [-0.4, -0.2) is 4.98 Å². The molecule has 0 fully saturated rings. The van der Waals surface area contributed by atoms with Gasteiger partial charge in [-0.05, 0) is 42.5 Å². The largest absolute Gasteiger partial charge is 0.256 e. The summed E-state index contributed by atoms with van der Waals surface area (Å²) in [5, 5.41) is 1.34. The Labute approximate surface area is 91.2 Å². The van der Waals surface area contributed by atoms with Gasteiger partial charge in [0.15, 0.2) is 0 Å². The normalized spacial score (nSPS) is 11.2. The molecule has 0 bridgehead atoms. The molecule has 0 saturated carbocycles. The molecular formula is C14H17N. The zero-order chi connectivity index (χ0) is 10.8. The number of aromatic nitrogens is 1. The first-order chi connectivity index (χ1) is 7.18. The van der Waals surface area contributed by atoms with Crippen LogP contribution < -0.4 is 0 Å². The Kier molecular flexibility index (Phi) is 2.72. The smallest absolute Gasteiger partial charge is 0.0707 e. The predicted octanol–water partition coefficient (Wildman–Crippen LogP) is 3.74. The Balaban J connectivity index is 2.63. The summed E-state index contributed by atoms with van der Waals surface area (Å²) < 4.78 is 0. The van der Waals surface area contributed by atoms with Crippen LogP contribution in [0.5, 0.6) is 0 Å². The molecule has 0 atom stereocenters. The molecule has 1 aromatic carbocycles. The summed E-state index contributed by atoms with van der Waals surface area (Å²) in [7, 11) is 0. The van der Waals surface area contributed by atoms with Crippen LogP contribution in [0, 0.1) is 12.8 Å². The van der Waals surface area contributed by atoms with Gasteiger partial charge in [-0.3, -0.25) is 4.98 Å². The molecule has 1 heterocycles. The molecule has 0 amide bonds. The zero-order valence-electron chi connectivity index (χ0n) is 9.62. The lowest BCUT2D eigenvalue weighted by molar-refractivity contribution is 0.650. The van der Waals surface area contributed by atoms with E-state index < -0.39 is 0 Å².